The molecule has 0 unspecified atom stereocenters. The Balaban J connectivity index is 1.21. The standard InChI is InChI=1S/C36H35NO/c1-5-24(6-2)25-8-12-33-27(16-25)18-29-20-31(10-14-35(29)33)37-21-23-7-11-32-26(15-23)17-28-19-30(9-13-34(28)32)36(3,4)22-38/h7-16,19-22,24H,5-6,17-18H2,1-4H3/b37-21+. The molecule has 0 heterocycles. The molecular formula is C36H35NO. The molecule has 0 aliphatic heterocycles. The number of carbonyl (C=O) groups is 1. The largest absolute Gasteiger partial charge is 0.302 e. The predicted molar refractivity (Wildman–Crippen MR) is 159 cm³/mol. The molecule has 0 radical (unpaired) electrons. The lowest BCUT2D eigenvalue weighted by molar-refractivity contribution is -0.111. The summed E-state index contributed by atoms with van der Waals surface area (Å²) in [5.74, 6) is 0.648. The van der Waals surface area contributed by atoms with Gasteiger partial charge in [0.15, 0.2) is 0 Å². The number of aliphatic imine (C=N–C) groups is 1. The first-order valence-corrected chi connectivity index (χ1v) is 13.9. The van der Waals surface area contributed by atoms with Gasteiger partial charge in [-0.15, -0.1) is 0 Å². The van der Waals surface area contributed by atoms with Crippen LogP contribution in [0.3, 0.4) is 0 Å². The molecule has 2 heteroatoms. The van der Waals surface area contributed by atoms with Crippen LogP contribution in [0.2, 0.25) is 0 Å². The van der Waals surface area contributed by atoms with Crippen molar-refractivity contribution in [1.29, 1.82) is 0 Å². The molecule has 0 fully saturated rings. The molecule has 4 aromatic rings. The summed E-state index contributed by atoms with van der Waals surface area (Å²) in [5.41, 5.74) is 14.9. The summed E-state index contributed by atoms with van der Waals surface area (Å²) >= 11 is 0. The second-order valence-electron chi connectivity index (χ2n) is 11.5. The maximum Gasteiger partial charge on any atom is 0.129 e. The monoisotopic (exact) mass is 497 g/mol. The number of carbonyl (C=O) groups excluding carboxylic acids is 1. The number of benzene rings is 4. The van der Waals surface area contributed by atoms with Crippen molar-refractivity contribution in [3.05, 3.63) is 112 Å². The molecule has 0 N–H and O–H groups in total. The van der Waals surface area contributed by atoms with Crippen LogP contribution in [0.15, 0.2) is 77.8 Å². The van der Waals surface area contributed by atoms with Crippen LogP contribution < -0.4 is 0 Å². The molecule has 0 saturated carbocycles. The summed E-state index contributed by atoms with van der Waals surface area (Å²) in [5, 5.41) is 0. The number of nitrogens with zero attached hydrogens (tertiary/aromatic N) is 1. The van der Waals surface area contributed by atoms with Crippen molar-refractivity contribution < 1.29 is 4.79 Å². The summed E-state index contributed by atoms with van der Waals surface area (Å²) < 4.78 is 0. The van der Waals surface area contributed by atoms with Crippen molar-refractivity contribution in [2.45, 2.75) is 64.7 Å². The molecule has 0 saturated heterocycles. The van der Waals surface area contributed by atoms with E-state index >= 15 is 0 Å². The first-order chi connectivity index (χ1) is 18.4. The Labute approximate surface area is 226 Å². The van der Waals surface area contributed by atoms with Gasteiger partial charge in [-0.05, 0) is 125 Å². The fourth-order valence-corrected chi connectivity index (χ4v) is 6.24. The van der Waals surface area contributed by atoms with E-state index in [1.165, 1.54) is 62.9 Å². The third kappa shape index (κ3) is 4.22. The first kappa shape index (κ1) is 24.6. The fourth-order valence-electron chi connectivity index (χ4n) is 6.24. The van der Waals surface area contributed by atoms with Crippen LogP contribution >= 0.6 is 0 Å². The highest BCUT2D eigenvalue weighted by atomic mass is 16.1. The Morgan fingerprint density at radius 2 is 1.32 bits per heavy atom. The van der Waals surface area contributed by atoms with Crippen molar-refractivity contribution in [3.63, 3.8) is 0 Å². The Hall–Kier alpha value is -3.78. The highest BCUT2D eigenvalue weighted by Gasteiger charge is 2.24. The third-order valence-corrected chi connectivity index (χ3v) is 8.65. The average Bonchev–Trinajstić information content (AvgIpc) is 3.48. The van der Waals surface area contributed by atoms with E-state index in [0.717, 1.165) is 35.9 Å². The Morgan fingerprint density at radius 3 is 2.00 bits per heavy atom. The lowest BCUT2D eigenvalue weighted by Crippen LogP contribution is -2.18. The molecule has 4 aromatic carbocycles. The van der Waals surface area contributed by atoms with Gasteiger partial charge in [0.25, 0.3) is 0 Å². The van der Waals surface area contributed by atoms with Gasteiger partial charge in [0.05, 0.1) is 5.69 Å². The van der Waals surface area contributed by atoms with Crippen LogP contribution in [0.5, 0.6) is 0 Å². The molecular weight excluding hydrogens is 462 g/mol. The fraction of sp³-hybridized carbons (Fsp3) is 0.278. The maximum absolute atomic E-state index is 11.5. The van der Waals surface area contributed by atoms with E-state index in [1.807, 2.05) is 20.1 Å². The van der Waals surface area contributed by atoms with E-state index in [2.05, 4.69) is 86.6 Å². The zero-order chi connectivity index (χ0) is 26.4. The zero-order valence-corrected chi connectivity index (χ0v) is 22.8. The van der Waals surface area contributed by atoms with Crippen LogP contribution in [0, 0.1) is 0 Å². The Morgan fingerprint density at radius 1 is 0.737 bits per heavy atom. The lowest BCUT2D eigenvalue weighted by Gasteiger charge is -2.18. The summed E-state index contributed by atoms with van der Waals surface area (Å²) in [6.07, 6.45) is 7.28. The van der Waals surface area contributed by atoms with Crippen molar-refractivity contribution >= 4 is 18.2 Å². The molecule has 0 aromatic heterocycles. The molecule has 0 spiro atoms. The van der Waals surface area contributed by atoms with Crippen molar-refractivity contribution in [2.75, 3.05) is 0 Å². The van der Waals surface area contributed by atoms with Crippen LogP contribution in [0.4, 0.5) is 5.69 Å². The van der Waals surface area contributed by atoms with Gasteiger partial charge >= 0.3 is 0 Å². The average molecular weight is 498 g/mol. The van der Waals surface area contributed by atoms with Crippen LogP contribution in [0.1, 0.15) is 85.4 Å². The maximum atomic E-state index is 11.5. The summed E-state index contributed by atoms with van der Waals surface area (Å²) in [4.78, 5) is 16.4. The van der Waals surface area contributed by atoms with Crippen molar-refractivity contribution in [3.8, 4) is 22.3 Å². The summed E-state index contributed by atoms with van der Waals surface area (Å²) in [7, 11) is 0. The van der Waals surface area contributed by atoms with E-state index in [-0.39, 0.29) is 0 Å². The van der Waals surface area contributed by atoms with E-state index in [9.17, 15) is 4.79 Å². The lowest BCUT2D eigenvalue weighted by atomic mass is 9.84. The number of hydrogen-bond donors (Lipinski definition) is 0. The molecule has 0 bridgehead atoms. The Kier molecular flexibility index (Phi) is 6.14. The Bertz CT molecular complexity index is 1590. The van der Waals surface area contributed by atoms with Gasteiger partial charge < -0.3 is 4.79 Å². The van der Waals surface area contributed by atoms with Crippen molar-refractivity contribution in [1.82, 2.24) is 0 Å². The SMILES string of the molecule is CCC(CC)c1ccc2c(c1)Cc1cc(/N=C/c3ccc4c(c3)Cc3cc(C(C)(C)C=O)ccc3-4)ccc1-2. The normalized spacial score (nSPS) is 13.5. The zero-order valence-electron chi connectivity index (χ0n) is 22.8. The van der Waals surface area contributed by atoms with Gasteiger partial charge in [-0.3, -0.25) is 4.99 Å². The second kappa shape index (κ2) is 9.51. The smallest absolute Gasteiger partial charge is 0.129 e. The molecule has 0 amide bonds. The van der Waals surface area contributed by atoms with Gasteiger partial charge in [0.1, 0.15) is 6.29 Å². The minimum atomic E-state index is -0.464. The topological polar surface area (TPSA) is 29.4 Å². The second-order valence-corrected chi connectivity index (χ2v) is 11.5. The van der Waals surface area contributed by atoms with Gasteiger partial charge in [0, 0.05) is 11.6 Å². The first-order valence-electron chi connectivity index (χ1n) is 13.9. The number of fused-ring (bicyclic) bond motifs is 6. The molecule has 190 valence electrons. The highest BCUT2D eigenvalue weighted by molar-refractivity contribution is 5.87. The number of rotatable bonds is 7. The van der Waals surface area contributed by atoms with Crippen LogP contribution in [-0.4, -0.2) is 12.5 Å². The quantitative estimate of drug-likeness (QED) is 0.160. The van der Waals surface area contributed by atoms with Crippen LogP contribution in [0.25, 0.3) is 22.3 Å². The highest BCUT2D eigenvalue weighted by Crippen LogP contribution is 2.41. The molecule has 2 aliphatic rings. The van der Waals surface area contributed by atoms with Gasteiger partial charge in [-0.25, -0.2) is 0 Å². The van der Waals surface area contributed by atoms with Gasteiger partial charge in [0.2, 0.25) is 0 Å². The summed E-state index contributed by atoms with van der Waals surface area (Å²) in [6, 6.07) is 26.8. The van der Waals surface area contributed by atoms with E-state index < -0.39 is 5.41 Å². The molecule has 6 rings (SSSR count). The minimum Gasteiger partial charge on any atom is -0.302 e. The van der Waals surface area contributed by atoms with Crippen LogP contribution in [-0.2, 0) is 23.1 Å². The van der Waals surface area contributed by atoms with Gasteiger partial charge in [-0.1, -0.05) is 68.4 Å². The van der Waals surface area contributed by atoms with Gasteiger partial charge in [-0.2, -0.15) is 0 Å². The molecule has 2 nitrogen and oxygen atoms in total. The van der Waals surface area contributed by atoms with E-state index in [4.69, 9.17) is 4.99 Å². The molecule has 0 atom stereocenters. The third-order valence-electron chi connectivity index (χ3n) is 8.65. The number of aldehydes is 1. The van der Waals surface area contributed by atoms with E-state index in [0.29, 0.717) is 5.92 Å². The molecule has 2 aliphatic carbocycles. The summed E-state index contributed by atoms with van der Waals surface area (Å²) in [6.45, 7) is 8.52. The number of hydrogen-bond acceptors (Lipinski definition) is 2. The predicted octanol–water partition coefficient (Wildman–Crippen LogP) is 8.96. The van der Waals surface area contributed by atoms with Crippen molar-refractivity contribution in [2.24, 2.45) is 4.99 Å². The van der Waals surface area contributed by atoms with E-state index in [1.54, 1.807) is 0 Å². The minimum absolute atomic E-state index is 0.464. The molecule has 38 heavy (non-hydrogen) atoms.